The SMILES string of the molecule is O=C1CC(S(=O)(=O)F)CN1c1cc(Br)ccc1Cl. The summed E-state index contributed by atoms with van der Waals surface area (Å²) in [4.78, 5) is 12.9. The van der Waals surface area contributed by atoms with Gasteiger partial charge in [0.15, 0.2) is 0 Å². The largest absolute Gasteiger partial charge is 0.309 e. The molecule has 98 valence electrons. The highest BCUT2D eigenvalue weighted by molar-refractivity contribution is 9.10. The zero-order chi connectivity index (χ0) is 13.5. The summed E-state index contributed by atoms with van der Waals surface area (Å²) in [6.07, 6.45) is -0.359. The Balaban J connectivity index is 2.35. The number of carbonyl (C=O) groups is 1. The normalized spacial score (nSPS) is 20.5. The summed E-state index contributed by atoms with van der Waals surface area (Å²) >= 11 is 9.17. The average molecular weight is 357 g/mol. The average Bonchev–Trinajstić information content (AvgIpc) is 2.64. The number of hydrogen-bond donors (Lipinski definition) is 0. The topological polar surface area (TPSA) is 54.5 Å². The number of nitrogens with zero attached hydrogens (tertiary/aromatic N) is 1. The molecular formula is C10H8BrClFNO3S. The Hall–Kier alpha value is -0.660. The van der Waals surface area contributed by atoms with Gasteiger partial charge >= 0.3 is 10.2 Å². The van der Waals surface area contributed by atoms with Crippen LogP contribution in [0.2, 0.25) is 5.02 Å². The van der Waals surface area contributed by atoms with Crippen molar-refractivity contribution in [1.82, 2.24) is 0 Å². The van der Waals surface area contributed by atoms with Crippen molar-refractivity contribution in [3.05, 3.63) is 27.7 Å². The van der Waals surface area contributed by atoms with Crippen LogP contribution in [0.25, 0.3) is 0 Å². The van der Waals surface area contributed by atoms with E-state index in [-0.39, 0.29) is 13.0 Å². The maximum Gasteiger partial charge on any atom is 0.307 e. The highest BCUT2D eigenvalue weighted by Crippen LogP contribution is 2.33. The summed E-state index contributed by atoms with van der Waals surface area (Å²) in [5.41, 5.74) is 0.377. The van der Waals surface area contributed by atoms with Gasteiger partial charge in [0.2, 0.25) is 5.91 Å². The molecule has 1 amide bonds. The lowest BCUT2D eigenvalue weighted by Crippen LogP contribution is -2.27. The monoisotopic (exact) mass is 355 g/mol. The maximum absolute atomic E-state index is 12.9. The van der Waals surface area contributed by atoms with Crippen molar-refractivity contribution >= 4 is 49.3 Å². The second-order valence-corrected chi connectivity index (χ2v) is 6.84. The number of benzene rings is 1. The third-order valence-electron chi connectivity index (χ3n) is 2.69. The second-order valence-electron chi connectivity index (χ2n) is 3.90. The number of rotatable bonds is 2. The Labute approximate surface area is 117 Å². The molecule has 4 nitrogen and oxygen atoms in total. The first-order valence-electron chi connectivity index (χ1n) is 4.98. The molecule has 18 heavy (non-hydrogen) atoms. The van der Waals surface area contributed by atoms with Crippen molar-refractivity contribution in [2.24, 2.45) is 0 Å². The molecule has 1 aliphatic heterocycles. The van der Waals surface area contributed by atoms with Gasteiger partial charge in [-0.25, -0.2) is 0 Å². The molecule has 1 atom stereocenters. The summed E-state index contributed by atoms with van der Waals surface area (Å²) in [6.45, 7) is -0.214. The summed E-state index contributed by atoms with van der Waals surface area (Å²) in [7, 11) is -4.72. The Kier molecular flexibility index (Phi) is 3.66. The van der Waals surface area contributed by atoms with Gasteiger partial charge in [-0.05, 0) is 18.2 Å². The number of anilines is 1. The van der Waals surface area contributed by atoms with Crippen LogP contribution in [0.5, 0.6) is 0 Å². The standard InChI is InChI=1S/C10H8BrClFNO3S/c11-6-1-2-8(12)9(3-6)14-5-7(4-10(14)15)18(13,16)17/h1-3,7H,4-5H2. The van der Waals surface area contributed by atoms with E-state index in [9.17, 15) is 17.1 Å². The van der Waals surface area contributed by atoms with Crippen LogP contribution >= 0.6 is 27.5 Å². The van der Waals surface area contributed by atoms with E-state index < -0.39 is 21.4 Å². The lowest BCUT2D eigenvalue weighted by atomic mass is 10.3. The van der Waals surface area contributed by atoms with Gasteiger partial charge in [0.25, 0.3) is 0 Å². The molecule has 0 aromatic heterocycles. The quantitative estimate of drug-likeness (QED) is 0.765. The van der Waals surface area contributed by atoms with E-state index in [2.05, 4.69) is 15.9 Å². The summed E-state index contributed by atoms with van der Waals surface area (Å²) < 4.78 is 35.2. The Bertz CT molecular complexity index is 607. The molecule has 0 N–H and O–H groups in total. The Morgan fingerprint density at radius 1 is 1.44 bits per heavy atom. The van der Waals surface area contributed by atoms with Crippen LogP contribution in [0.1, 0.15) is 6.42 Å². The Morgan fingerprint density at radius 3 is 2.67 bits per heavy atom. The molecule has 1 heterocycles. The fraction of sp³-hybridized carbons (Fsp3) is 0.300. The lowest BCUT2D eigenvalue weighted by Gasteiger charge is -2.17. The van der Waals surface area contributed by atoms with Crippen LogP contribution in [0.3, 0.4) is 0 Å². The maximum atomic E-state index is 12.9. The minimum atomic E-state index is -4.72. The van der Waals surface area contributed by atoms with Crippen molar-refractivity contribution in [3.63, 3.8) is 0 Å². The van der Waals surface area contributed by atoms with Gasteiger partial charge in [0.1, 0.15) is 5.25 Å². The zero-order valence-electron chi connectivity index (χ0n) is 8.94. The molecule has 1 unspecified atom stereocenters. The van der Waals surface area contributed by atoms with Crippen molar-refractivity contribution in [2.75, 3.05) is 11.4 Å². The molecule has 0 saturated carbocycles. The minimum absolute atomic E-state index is 0.214. The summed E-state index contributed by atoms with van der Waals surface area (Å²) in [5.74, 6) is -0.457. The van der Waals surface area contributed by atoms with E-state index in [4.69, 9.17) is 11.6 Å². The van der Waals surface area contributed by atoms with E-state index >= 15 is 0 Å². The van der Waals surface area contributed by atoms with Crippen molar-refractivity contribution in [1.29, 1.82) is 0 Å². The molecular weight excluding hydrogens is 349 g/mol. The number of hydrogen-bond acceptors (Lipinski definition) is 3. The number of halogens is 3. The van der Waals surface area contributed by atoms with Gasteiger partial charge < -0.3 is 4.90 Å². The van der Waals surface area contributed by atoms with E-state index in [0.29, 0.717) is 15.2 Å². The number of carbonyl (C=O) groups excluding carboxylic acids is 1. The molecule has 1 aromatic carbocycles. The molecule has 1 fully saturated rings. The predicted octanol–water partition coefficient (Wildman–Crippen LogP) is 2.51. The molecule has 0 radical (unpaired) electrons. The first-order valence-corrected chi connectivity index (χ1v) is 7.59. The van der Waals surface area contributed by atoms with Gasteiger partial charge in [0, 0.05) is 17.4 Å². The highest BCUT2D eigenvalue weighted by atomic mass is 79.9. The van der Waals surface area contributed by atoms with Gasteiger partial charge in [-0.1, -0.05) is 27.5 Å². The van der Waals surface area contributed by atoms with E-state index in [1.165, 1.54) is 4.90 Å². The van der Waals surface area contributed by atoms with Gasteiger partial charge in [-0.15, -0.1) is 3.89 Å². The van der Waals surface area contributed by atoms with Crippen LogP contribution in [0.4, 0.5) is 9.57 Å². The van der Waals surface area contributed by atoms with Crippen molar-refractivity contribution in [3.8, 4) is 0 Å². The van der Waals surface area contributed by atoms with Crippen molar-refractivity contribution in [2.45, 2.75) is 11.7 Å². The molecule has 2 rings (SSSR count). The lowest BCUT2D eigenvalue weighted by molar-refractivity contribution is -0.117. The fourth-order valence-electron chi connectivity index (χ4n) is 1.79. The third-order valence-corrected chi connectivity index (χ3v) is 4.61. The summed E-state index contributed by atoms with van der Waals surface area (Å²) in [5, 5.41) is -1.01. The molecule has 8 heteroatoms. The molecule has 1 aromatic rings. The first-order chi connectivity index (χ1) is 8.29. The molecule has 0 bridgehead atoms. The fourth-order valence-corrected chi connectivity index (χ4v) is 3.03. The zero-order valence-corrected chi connectivity index (χ0v) is 12.1. The van der Waals surface area contributed by atoms with E-state index in [1.54, 1.807) is 18.2 Å². The summed E-state index contributed by atoms with van der Waals surface area (Å²) in [6, 6.07) is 4.86. The van der Waals surface area contributed by atoms with Crippen LogP contribution in [-0.2, 0) is 15.0 Å². The van der Waals surface area contributed by atoms with Crippen LogP contribution in [-0.4, -0.2) is 26.1 Å². The molecule has 0 aliphatic carbocycles. The van der Waals surface area contributed by atoms with Crippen molar-refractivity contribution < 1.29 is 17.1 Å². The van der Waals surface area contributed by atoms with Crippen LogP contribution in [0.15, 0.2) is 22.7 Å². The van der Waals surface area contributed by atoms with Crippen LogP contribution < -0.4 is 4.90 Å². The second kappa shape index (κ2) is 4.79. The van der Waals surface area contributed by atoms with Gasteiger partial charge in [0.05, 0.1) is 10.7 Å². The molecule has 0 spiro atoms. The minimum Gasteiger partial charge on any atom is -0.309 e. The van der Waals surface area contributed by atoms with E-state index in [0.717, 1.165) is 0 Å². The van der Waals surface area contributed by atoms with E-state index in [1.807, 2.05) is 0 Å². The van der Waals surface area contributed by atoms with Gasteiger partial charge in [-0.2, -0.15) is 8.42 Å². The van der Waals surface area contributed by atoms with Crippen LogP contribution in [0, 0.1) is 0 Å². The van der Waals surface area contributed by atoms with Gasteiger partial charge in [-0.3, -0.25) is 4.79 Å². The highest BCUT2D eigenvalue weighted by Gasteiger charge is 2.39. The smallest absolute Gasteiger partial charge is 0.307 e. The predicted molar refractivity (Wildman–Crippen MR) is 69.9 cm³/mol. The first kappa shape index (κ1) is 13.8. The Morgan fingerprint density at radius 2 is 2.11 bits per heavy atom. The molecule has 1 aliphatic rings. The third kappa shape index (κ3) is 2.67. The number of amides is 1. The molecule has 1 saturated heterocycles.